The van der Waals surface area contributed by atoms with Gasteiger partial charge in [0.1, 0.15) is 0 Å². The highest BCUT2D eigenvalue weighted by atomic mass is 32.2. The van der Waals surface area contributed by atoms with Crippen molar-refractivity contribution < 1.29 is 18.0 Å². The highest BCUT2D eigenvalue weighted by Crippen LogP contribution is 2.37. The van der Waals surface area contributed by atoms with E-state index in [1.807, 2.05) is 6.07 Å². The van der Waals surface area contributed by atoms with Gasteiger partial charge in [0.15, 0.2) is 0 Å². The van der Waals surface area contributed by atoms with Crippen LogP contribution in [0.25, 0.3) is 0 Å². The summed E-state index contributed by atoms with van der Waals surface area (Å²) in [7, 11) is -3.69. The van der Waals surface area contributed by atoms with Crippen molar-refractivity contribution >= 4 is 55.2 Å². The monoisotopic (exact) mass is 513 g/mol. The Morgan fingerprint density at radius 1 is 0.941 bits per heavy atom. The van der Waals surface area contributed by atoms with Crippen LogP contribution in [0.4, 0.5) is 10.7 Å². The lowest BCUT2D eigenvalue weighted by molar-refractivity contribution is -0.111. The zero-order valence-corrected chi connectivity index (χ0v) is 20.7. The van der Waals surface area contributed by atoms with E-state index in [0.717, 1.165) is 29.7 Å². The quantitative estimate of drug-likeness (QED) is 0.464. The molecule has 2 amide bonds. The number of hydrogen-bond acceptors (Lipinski definition) is 6. The van der Waals surface area contributed by atoms with Crippen molar-refractivity contribution in [2.24, 2.45) is 0 Å². The molecule has 1 aromatic carbocycles. The number of hydrogen-bond donors (Lipinski definition) is 2. The summed E-state index contributed by atoms with van der Waals surface area (Å²) in [6.45, 7) is 3.94. The largest absolute Gasteiger partial charge is 0.321 e. The van der Waals surface area contributed by atoms with Crippen LogP contribution in [0.15, 0.2) is 53.9 Å². The van der Waals surface area contributed by atoms with Crippen LogP contribution in [-0.4, -0.2) is 24.5 Å². The maximum Gasteiger partial charge on any atom is 0.265 e. The fraction of sp³-hybridized carbons (Fsp3) is 0.250. The zero-order valence-electron chi connectivity index (χ0n) is 18.3. The Hall–Kier alpha value is -2.79. The highest BCUT2D eigenvalue weighted by Gasteiger charge is 2.32. The average Bonchev–Trinajstić information content (AvgIpc) is 3.52. The van der Waals surface area contributed by atoms with Gasteiger partial charge in [-0.15, -0.1) is 22.7 Å². The molecule has 0 bridgehead atoms. The van der Waals surface area contributed by atoms with Gasteiger partial charge < -0.3 is 10.6 Å². The predicted octanol–water partition coefficient (Wildman–Crippen LogP) is 4.77. The summed E-state index contributed by atoms with van der Waals surface area (Å²) < 4.78 is 27.7. The van der Waals surface area contributed by atoms with Crippen LogP contribution >= 0.6 is 22.7 Å². The van der Waals surface area contributed by atoms with Crippen LogP contribution < -0.4 is 10.6 Å². The molecule has 176 valence electrons. The summed E-state index contributed by atoms with van der Waals surface area (Å²) in [5.41, 5.74) is 2.71. The van der Waals surface area contributed by atoms with Gasteiger partial charge in [-0.05, 0) is 79.3 Å². The van der Waals surface area contributed by atoms with E-state index in [1.165, 1.54) is 50.7 Å². The number of thiophene rings is 2. The summed E-state index contributed by atoms with van der Waals surface area (Å²) >= 11 is 2.91. The lowest BCUT2D eigenvalue weighted by Crippen LogP contribution is -2.25. The Kier molecular flexibility index (Phi) is 6.15. The average molecular weight is 514 g/mol. The van der Waals surface area contributed by atoms with E-state index < -0.39 is 10.0 Å². The van der Waals surface area contributed by atoms with Crippen molar-refractivity contribution in [1.82, 2.24) is 4.31 Å². The van der Waals surface area contributed by atoms with Crippen LogP contribution in [-0.2, 0) is 40.7 Å². The maximum absolute atomic E-state index is 13.1. The lowest BCUT2D eigenvalue weighted by Gasteiger charge is -2.16. The van der Waals surface area contributed by atoms with Gasteiger partial charge in [0, 0.05) is 28.5 Å². The highest BCUT2D eigenvalue weighted by molar-refractivity contribution is 7.89. The van der Waals surface area contributed by atoms with Gasteiger partial charge in [-0.3, -0.25) is 9.59 Å². The number of carbonyl (C=O) groups is 2. The van der Waals surface area contributed by atoms with Gasteiger partial charge >= 0.3 is 0 Å². The second-order valence-corrected chi connectivity index (χ2v) is 12.5. The van der Waals surface area contributed by atoms with Crippen molar-refractivity contribution in [2.45, 2.75) is 43.7 Å². The van der Waals surface area contributed by atoms with Crippen LogP contribution in [0.1, 0.15) is 43.4 Å². The second-order valence-electron chi connectivity index (χ2n) is 8.27. The molecule has 10 heteroatoms. The Balaban J connectivity index is 1.25. The molecule has 0 radical (unpaired) electrons. The smallest absolute Gasteiger partial charge is 0.265 e. The van der Waals surface area contributed by atoms with E-state index in [-0.39, 0.29) is 29.8 Å². The van der Waals surface area contributed by atoms with Gasteiger partial charge in [0.2, 0.25) is 15.9 Å². The molecule has 0 fully saturated rings. The molecular formula is C24H23N3O4S3. The molecule has 2 aromatic heterocycles. The SMILES string of the molecule is C=CC(=O)Nc1cc2c(s1)CN(S(=O)(=O)c1ccc(NC(=O)c3cc4c(s3)CCCC4)cc1)C2. The van der Waals surface area contributed by atoms with E-state index >= 15 is 0 Å². The van der Waals surface area contributed by atoms with Crippen molar-refractivity contribution in [3.05, 3.63) is 74.8 Å². The molecule has 0 saturated heterocycles. The first-order valence-electron chi connectivity index (χ1n) is 10.9. The standard InChI is InChI=1S/C24H23N3O4S3/c1-2-22(28)26-23-12-16-13-27(14-21(16)33-23)34(30,31)18-9-7-17(8-10-18)25-24(29)20-11-15-5-3-4-6-19(15)32-20/h2,7-12H,1,3-6,13-14H2,(H,25,29)(H,26,28). The van der Waals surface area contributed by atoms with Crippen molar-refractivity contribution in [2.75, 3.05) is 10.6 Å². The fourth-order valence-corrected chi connectivity index (χ4v) is 7.91. The van der Waals surface area contributed by atoms with Gasteiger partial charge in [-0.2, -0.15) is 4.31 Å². The van der Waals surface area contributed by atoms with Crippen molar-refractivity contribution in [3.8, 4) is 0 Å². The third-order valence-corrected chi connectivity index (χ3v) is 10.1. The van der Waals surface area contributed by atoms with Crippen molar-refractivity contribution in [1.29, 1.82) is 0 Å². The van der Waals surface area contributed by atoms with Gasteiger partial charge in [0.05, 0.1) is 14.8 Å². The number of sulfonamides is 1. The zero-order chi connectivity index (χ0) is 23.9. The topological polar surface area (TPSA) is 95.6 Å². The van der Waals surface area contributed by atoms with Gasteiger partial charge in [-0.25, -0.2) is 8.42 Å². The van der Waals surface area contributed by atoms with Crippen LogP contribution in [0.2, 0.25) is 0 Å². The molecule has 3 heterocycles. The molecular weight excluding hydrogens is 490 g/mol. The molecule has 1 aliphatic heterocycles. The molecule has 34 heavy (non-hydrogen) atoms. The minimum atomic E-state index is -3.69. The Morgan fingerprint density at radius 2 is 1.71 bits per heavy atom. The fourth-order valence-electron chi connectivity index (χ4n) is 4.20. The van der Waals surface area contributed by atoms with E-state index in [0.29, 0.717) is 15.6 Å². The first kappa shape index (κ1) is 23.0. The number of carbonyl (C=O) groups excluding carboxylic acids is 2. The van der Waals surface area contributed by atoms with E-state index in [1.54, 1.807) is 29.5 Å². The van der Waals surface area contributed by atoms with Crippen LogP contribution in [0.5, 0.6) is 0 Å². The number of amides is 2. The van der Waals surface area contributed by atoms with E-state index in [2.05, 4.69) is 17.2 Å². The number of nitrogens with zero attached hydrogens (tertiary/aromatic N) is 1. The number of fused-ring (bicyclic) bond motifs is 2. The maximum atomic E-state index is 13.1. The molecule has 7 nitrogen and oxygen atoms in total. The van der Waals surface area contributed by atoms with E-state index in [4.69, 9.17) is 0 Å². The Bertz CT molecular complexity index is 1340. The minimum Gasteiger partial charge on any atom is -0.321 e. The van der Waals surface area contributed by atoms with E-state index in [9.17, 15) is 18.0 Å². The van der Waals surface area contributed by atoms with Crippen molar-refractivity contribution in [3.63, 3.8) is 0 Å². The number of anilines is 2. The molecule has 2 N–H and O–H groups in total. The van der Waals surface area contributed by atoms with Gasteiger partial charge in [-0.1, -0.05) is 6.58 Å². The summed E-state index contributed by atoms with van der Waals surface area (Å²) in [5.74, 6) is -0.464. The number of nitrogens with one attached hydrogen (secondary N) is 2. The summed E-state index contributed by atoms with van der Waals surface area (Å²) in [6, 6.07) is 10.1. The third-order valence-electron chi connectivity index (χ3n) is 5.97. The minimum absolute atomic E-state index is 0.168. The third kappa shape index (κ3) is 4.46. The number of aryl methyl sites for hydroxylation is 2. The summed E-state index contributed by atoms with van der Waals surface area (Å²) in [5, 5.41) is 6.27. The normalized spacial score (nSPS) is 15.4. The summed E-state index contributed by atoms with van der Waals surface area (Å²) in [4.78, 5) is 27.2. The Labute approximate surface area is 206 Å². The first-order valence-corrected chi connectivity index (χ1v) is 14.0. The predicted molar refractivity (Wildman–Crippen MR) is 135 cm³/mol. The molecule has 0 unspecified atom stereocenters. The number of rotatable bonds is 6. The molecule has 2 aliphatic rings. The van der Waals surface area contributed by atoms with Gasteiger partial charge in [0.25, 0.3) is 5.91 Å². The molecule has 1 aliphatic carbocycles. The molecule has 3 aromatic rings. The Morgan fingerprint density at radius 3 is 2.41 bits per heavy atom. The van der Waals surface area contributed by atoms with Crippen LogP contribution in [0.3, 0.4) is 0 Å². The lowest BCUT2D eigenvalue weighted by atomic mass is 9.99. The number of benzene rings is 1. The van der Waals surface area contributed by atoms with Crippen LogP contribution in [0, 0.1) is 0 Å². The molecule has 0 atom stereocenters. The second kappa shape index (κ2) is 9.10. The molecule has 0 saturated carbocycles. The first-order chi connectivity index (χ1) is 16.3. The molecule has 5 rings (SSSR count). The molecule has 0 spiro atoms. The summed E-state index contributed by atoms with van der Waals surface area (Å²) in [6.07, 6.45) is 5.59.